The van der Waals surface area contributed by atoms with Gasteiger partial charge in [-0.05, 0) is 41.8 Å². The molecule has 8 heteroatoms. The second-order valence-electron chi connectivity index (χ2n) is 6.89. The van der Waals surface area contributed by atoms with Crippen LogP contribution in [0.15, 0.2) is 52.6 Å². The Kier molecular flexibility index (Phi) is 7.22. The summed E-state index contributed by atoms with van der Waals surface area (Å²) in [6.07, 6.45) is 3.56. The van der Waals surface area contributed by atoms with Crippen molar-refractivity contribution in [3.63, 3.8) is 0 Å². The van der Waals surface area contributed by atoms with E-state index in [2.05, 4.69) is 23.8 Å². The number of nitrogens with zero attached hydrogens (tertiary/aromatic N) is 2. The molecule has 0 saturated heterocycles. The molecule has 0 amide bonds. The molecular formula is C21H21Cl2N3O2S. The van der Waals surface area contributed by atoms with Gasteiger partial charge in [-0.2, -0.15) is 0 Å². The van der Waals surface area contributed by atoms with Crippen molar-refractivity contribution in [1.82, 2.24) is 15.0 Å². The summed E-state index contributed by atoms with van der Waals surface area (Å²) in [5.41, 5.74) is 2.00. The molecule has 3 rings (SSSR count). The second kappa shape index (κ2) is 9.65. The van der Waals surface area contributed by atoms with Gasteiger partial charge in [0.15, 0.2) is 0 Å². The Morgan fingerprint density at radius 3 is 2.41 bits per heavy atom. The third-order valence-electron chi connectivity index (χ3n) is 4.24. The number of imidazole rings is 1. The molecule has 1 unspecified atom stereocenters. The number of carbonyl (C=O) groups is 1. The summed E-state index contributed by atoms with van der Waals surface area (Å²) in [4.78, 5) is 24.3. The van der Waals surface area contributed by atoms with Gasteiger partial charge in [-0.3, -0.25) is 9.78 Å². The molecule has 1 N–H and O–H groups in total. The lowest BCUT2D eigenvalue weighted by atomic mass is 9.86. The van der Waals surface area contributed by atoms with Gasteiger partial charge in [-0.1, -0.05) is 48.8 Å². The van der Waals surface area contributed by atoms with Crippen LogP contribution in [0.4, 0.5) is 0 Å². The molecule has 0 aliphatic rings. The largest absolute Gasteiger partial charge is 0.458 e. The van der Waals surface area contributed by atoms with Crippen molar-refractivity contribution in [3.05, 3.63) is 69.9 Å². The number of nitrogens with one attached hydrogen (secondary N) is 1. The highest BCUT2D eigenvalue weighted by molar-refractivity contribution is 7.99. The number of ether oxygens (including phenoxy) is 1. The fourth-order valence-corrected chi connectivity index (χ4v) is 4.79. The molecule has 2 aromatic heterocycles. The monoisotopic (exact) mass is 449 g/mol. The first-order valence-electron chi connectivity index (χ1n) is 9.09. The molecule has 0 bridgehead atoms. The van der Waals surface area contributed by atoms with Crippen molar-refractivity contribution >= 4 is 40.9 Å². The summed E-state index contributed by atoms with van der Waals surface area (Å²) in [7, 11) is 0. The van der Waals surface area contributed by atoms with Crippen LogP contribution in [0.2, 0.25) is 10.0 Å². The molecule has 0 aliphatic carbocycles. The number of hydrogen-bond donors (Lipinski definition) is 1. The van der Waals surface area contributed by atoms with Crippen LogP contribution in [0, 0.1) is 5.92 Å². The van der Waals surface area contributed by atoms with Crippen LogP contribution in [0.3, 0.4) is 0 Å². The van der Waals surface area contributed by atoms with Crippen LogP contribution >= 0.6 is 35.0 Å². The molecule has 5 nitrogen and oxygen atoms in total. The Hall–Kier alpha value is -2.02. The first-order chi connectivity index (χ1) is 13.8. The number of rotatable bonds is 7. The van der Waals surface area contributed by atoms with Crippen LogP contribution in [0.1, 0.15) is 43.8 Å². The molecule has 29 heavy (non-hydrogen) atoms. The summed E-state index contributed by atoms with van der Waals surface area (Å²) in [5, 5.41) is 1.99. The van der Waals surface area contributed by atoms with Crippen LogP contribution < -0.4 is 0 Å². The SMILES string of the molecule is CC(=O)OCc1nc(C(c2ccncc2)C(C)C)c(Sc2cc(Cl)cc(Cl)c2)[nH]1. The van der Waals surface area contributed by atoms with E-state index >= 15 is 0 Å². The molecule has 0 radical (unpaired) electrons. The molecular weight excluding hydrogens is 429 g/mol. The Labute approximate surface area is 184 Å². The molecule has 0 saturated carbocycles. The van der Waals surface area contributed by atoms with E-state index in [1.807, 2.05) is 24.3 Å². The average molecular weight is 450 g/mol. The fraction of sp³-hybridized carbons (Fsp3) is 0.286. The van der Waals surface area contributed by atoms with Gasteiger partial charge < -0.3 is 9.72 Å². The number of hydrogen-bond acceptors (Lipinski definition) is 5. The van der Waals surface area contributed by atoms with Crippen LogP contribution in [-0.2, 0) is 16.1 Å². The van der Waals surface area contributed by atoms with Gasteiger partial charge in [0.1, 0.15) is 17.5 Å². The number of carbonyl (C=O) groups excluding carboxylic acids is 1. The number of esters is 1. The Morgan fingerprint density at radius 1 is 1.17 bits per heavy atom. The molecule has 2 heterocycles. The molecule has 0 aliphatic heterocycles. The molecule has 3 aromatic rings. The molecule has 0 spiro atoms. The van der Waals surface area contributed by atoms with Gasteiger partial charge in [0, 0.05) is 40.2 Å². The smallest absolute Gasteiger partial charge is 0.303 e. The van der Waals surface area contributed by atoms with Gasteiger partial charge >= 0.3 is 5.97 Å². The van der Waals surface area contributed by atoms with E-state index in [0.717, 1.165) is 21.2 Å². The number of halogens is 2. The lowest BCUT2D eigenvalue weighted by molar-refractivity contribution is -0.142. The lowest BCUT2D eigenvalue weighted by Crippen LogP contribution is -2.10. The van der Waals surface area contributed by atoms with Gasteiger partial charge in [0.25, 0.3) is 0 Å². The molecule has 1 atom stereocenters. The minimum absolute atomic E-state index is 0.0393. The van der Waals surface area contributed by atoms with Gasteiger partial charge in [0.05, 0.1) is 5.69 Å². The van der Waals surface area contributed by atoms with Crippen molar-refractivity contribution in [2.24, 2.45) is 5.92 Å². The number of pyridine rings is 1. The number of aromatic amines is 1. The molecule has 0 fully saturated rings. The zero-order valence-electron chi connectivity index (χ0n) is 16.3. The average Bonchev–Trinajstić information content (AvgIpc) is 3.02. The summed E-state index contributed by atoms with van der Waals surface area (Å²) < 4.78 is 5.14. The maximum Gasteiger partial charge on any atom is 0.303 e. The fourth-order valence-electron chi connectivity index (χ4n) is 3.08. The quantitative estimate of drug-likeness (QED) is 0.440. The summed E-state index contributed by atoms with van der Waals surface area (Å²) >= 11 is 13.8. The summed E-state index contributed by atoms with van der Waals surface area (Å²) in [6, 6.07) is 9.39. The second-order valence-corrected chi connectivity index (χ2v) is 8.84. The highest BCUT2D eigenvalue weighted by Crippen LogP contribution is 2.40. The van der Waals surface area contributed by atoms with Crippen LogP contribution in [-0.4, -0.2) is 20.9 Å². The van der Waals surface area contributed by atoms with E-state index in [1.165, 1.54) is 18.7 Å². The highest BCUT2D eigenvalue weighted by Gasteiger charge is 2.26. The van der Waals surface area contributed by atoms with Gasteiger partial charge in [-0.25, -0.2) is 4.98 Å². The maximum absolute atomic E-state index is 11.2. The number of H-pyrrole nitrogens is 1. The highest BCUT2D eigenvalue weighted by atomic mass is 35.5. The van der Waals surface area contributed by atoms with Crippen molar-refractivity contribution < 1.29 is 9.53 Å². The minimum atomic E-state index is -0.353. The Balaban J connectivity index is 2.04. The summed E-state index contributed by atoms with van der Waals surface area (Å²) in [6.45, 7) is 5.76. The van der Waals surface area contributed by atoms with E-state index in [9.17, 15) is 4.79 Å². The van der Waals surface area contributed by atoms with E-state index in [0.29, 0.717) is 15.9 Å². The third kappa shape index (κ3) is 5.75. The molecule has 1 aromatic carbocycles. The van der Waals surface area contributed by atoms with Crippen molar-refractivity contribution in [1.29, 1.82) is 0 Å². The maximum atomic E-state index is 11.2. The van der Waals surface area contributed by atoms with E-state index in [-0.39, 0.29) is 24.4 Å². The normalized spacial score (nSPS) is 12.2. The van der Waals surface area contributed by atoms with E-state index in [1.54, 1.807) is 18.5 Å². The van der Waals surface area contributed by atoms with Gasteiger partial charge in [0.2, 0.25) is 0 Å². The zero-order chi connectivity index (χ0) is 21.0. The zero-order valence-corrected chi connectivity index (χ0v) is 18.6. The Bertz CT molecular complexity index is 973. The lowest BCUT2D eigenvalue weighted by Gasteiger charge is -2.20. The topological polar surface area (TPSA) is 67.9 Å². The first-order valence-corrected chi connectivity index (χ1v) is 10.7. The third-order valence-corrected chi connectivity index (χ3v) is 5.66. The first kappa shape index (κ1) is 21.7. The van der Waals surface area contributed by atoms with E-state index < -0.39 is 0 Å². The molecule has 152 valence electrons. The summed E-state index contributed by atoms with van der Waals surface area (Å²) in [5.74, 6) is 0.556. The number of aromatic nitrogens is 3. The van der Waals surface area contributed by atoms with E-state index in [4.69, 9.17) is 32.9 Å². The predicted octanol–water partition coefficient (Wildman–Crippen LogP) is 6.11. The number of benzene rings is 1. The van der Waals surface area contributed by atoms with Crippen molar-refractivity contribution in [2.75, 3.05) is 0 Å². The Morgan fingerprint density at radius 2 is 1.83 bits per heavy atom. The predicted molar refractivity (Wildman–Crippen MR) is 116 cm³/mol. The van der Waals surface area contributed by atoms with Crippen molar-refractivity contribution in [2.45, 2.75) is 43.2 Å². The van der Waals surface area contributed by atoms with Crippen LogP contribution in [0.5, 0.6) is 0 Å². The van der Waals surface area contributed by atoms with Crippen molar-refractivity contribution in [3.8, 4) is 0 Å². The van der Waals surface area contributed by atoms with Crippen LogP contribution in [0.25, 0.3) is 0 Å². The standard InChI is InChI=1S/C21H21Cl2N3O2S/c1-12(2)19(14-4-6-24-7-5-14)20-21(26-18(25-20)11-28-13(3)27)29-17-9-15(22)8-16(23)10-17/h4-10,12,19H,11H2,1-3H3,(H,25,26). The van der Waals surface area contributed by atoms with Gasteiger partial charge in [-0.15, -0.1) is 0 Å². The minimum Gasteiger partial charge on any atom is -0.458 e.